The lowest BCUT2D eigenvalue weighted by molar-refractivity contribution is -0.146. The van der Waals surface area contributed by atoms with Crippen molar-refractivity contribution in [2.45, 2.75) is 73.1 Å². The van der Waals surface area contributed by atoms with Crippen molar-refractivity contribution in [2.24, 2.45) is 11.3 Å². The molecule has 0 aliphatic carbocycles. The van der Waals surface area contributed by atoms with E-state index in [4.69, 9.17) is 9.47 Å². The molecule has 0 aromatic heterocycles. The smallest absolute Gasteiger partial charge is 0.305 e. The van der Waals surface area contributed by atoms with Crippen LogP contribution in [-0.2, 0) is 19.1 Å². The average molecular weight is 300 g/mol. The minimum absolute atomic E-state index is 0.133. The molecule has 0 rings (SSSR count). The van der Waals surface area contributed by atoms with Crippen molar-refractivity contribution in [3.05, 3.63) is 0 Å². The van der Waals surface area contributed by atoms with Crippen molar-refractivity contribution in [1.29, 1.82) is 0 Å². The Morgan fingerprint density at radius 2 is 1.38 bits per heavy atom. The molecule has 4 heteroatoms. The lowest BCUT2D eigenvalue weighted by Gasteiger charge is -2.16. The number of ether oxygens (including phenoxy) is 2. The third kappa shape index (κ3) is 15.2. The van der Waals surface area contributed by atoms with Crippen molar-refractivity contribution >= 4 is 11.9 Å². The van der Waals surface area contributed by atoms with Crippen LogP contribution < -0.4 is 0 Å². The van der Waals surface area contributed by atoms with Crippen LogP contribution in [0.3, 0.4) is 0 Å². The molecule has 124 valence electrons. The van der Waals surface area contributed by atoms with Crippen molar-refractivity contribution in [1.82, 2.24) is 0 Å². The van der Waals surface area contributed by atoms with Crippen molar-refractivity contribution in [3.8, 4) is 0 Å². The molecular weight excluding hydrogens is 268 g/mol. The van der Waals surface area contributed by atoms with E-state index in [1.54, 1.807) is 0 Å². The first-order chi connectivity index (χ1) is 9.70. The Balaban J connectivity index is 3.43. The number of rotatable bonds is 10. The van der Waals surface area contributed by atoms with Gasteiger partial charge in [-0.05, 0) is 37.0 Å². The third-order valence-electron chi connectivity index (χ3n) is 3.07. The Bertz CT molecular complexity index is 302. The second kappa shape index (κ2) is 10.6. The molecule has 4 nitrogen and oxygen atoms in total. The number of unbranched alkanes of at least 4 members (excludes halogenated alkanes) is 1. The third-order valence-corrected chi connectivity index (χ3v) is 3.07. The number of carbonyl (C=O) groups is 2. The second-order valence-electron chi connectivity index (χ2n) is 7.14. The molecule has 0 aromatic rings. The van der Waals surface area contributed by atoms with Crippen LogP contribution in [-0.4, -0.2) is 25.2 Å². The first-order valence-electron chi connectivity index (χ1n) is 8.02. The van der Waals surface area contributed by atoms with Crippen molar-refractivity contribution in [2.75, 3.05) is 13.2 Å². The van der Waals surface area contributed by atoms with E-state index >= 15 is 0 Å². The van der Waals surface area contributed by atoms with Gasteiger partial charge in [-0.25, -0.2) is 0 Å². The summed E-state index contributed by atoms with van der Waals surface area (Å²) < 4.78 is 10.3. The molecule has 0 saturated heterocycles. The maximum atomic E-state index is 11.5. The number of esters is 2. The fraction of sp³-hybridized carbons (Fsp3) is 0.882. The van der Waals surface area contributed by atoms with E-state index in [2.05, 4.69) is 34.6 Å². The molecule has 0 spiro atoms. The summed E-state index contributed by atoms with van der Waals surface area (Å²) in [4.78, 5) is 22.8. The molecule has 21 heavy (non-hydrogen) atoms. The van der Waals surface area contributed by atoms with Crippen LogP contribution in [0.25, 0.3) is 0 Å². The number of hydrogen-bond donors (Lipinski definition) is 0. The standard InChI is InChI=1S/C17H32O4/c1-14(2)8-9-15(18)20-12-6-7-13-21-16(19)10-11-17(3,4)5/h14H,6-13H2,1-5H3. The van der Waals surface area contributed by atoms with Crippen LogP contribution in [0.1, 0.15) is 73.1 Å². The summed E-state index contributed by atoms with van der Waals surface area (Å²) in [5.74, 6) is 0.245. The molecule has 0 bridgehead atoms. The summed E-state index contributed by atoms with van der Waals surface area (Å²) >= 11 is 0. The molecule has 0 aliphatic heterocycles. The molecule has 0 amide bonds. The van der Waals surface area contributed by atoms with Gasteiger partial charge in [0.15, 0.2) is 0 Å². The molecule has 0 aliphatic rings. The van der Waals surface area contributed by atoms with Crippen LogP contribution in [0.15, 0.2) is 0 Å². The first-order valence-corrected chi connectivity index (χ1v) is 8.02. The van der Waals surface area contributed by atoms with Crippen LogP contribution in [0.4, 0.5) is 0 Å². The molecular formula is C17H32O4. The fourth-order valence-corrected chi connectivity index (χ4v) is 1.60. The van der Waals surface area contributed by atoms with Gasteiger partial charge in [-0.2, -0.15) is 0 Å². The summed E-state index contributed by atoms with van der Waals surface area (Å²) in [7, 11) is 0. The molecule has 0 atom stereocenters. The quantitative estimate of drug-likeness (QED) is 0.450. The van der Waals surface area contributed by atoms with Gasteiger partial charge in [-0.15, -0.1) is 0 Å². The van der Waals surface area contributed by atoms with Gasteiger partial charge < -0.3 is 9.47 Å². The van der Waals surface area contributed by atoms with Gasteiger partial charge in [0.2, 0.25) is 0 Å². The Morgan fingerprint density at radius 3 is 1.81 bits per heavy atom. The minimum Gasteiger partial charge on any atom is -0.466 e. The van der Waals surface area contributed by atoms with Crippen LogP contribution in [0.5, 0.6) is 0 Å². The zero-order valence-electron chi connectivity index (χ0n) is 14.4. The van der Waals surface area contributed by atoms with Gasteiger partial charge in [0.1, 0.15) is 0 Å². The van der Waals surface area contributed by atoms with Crippen LogP contribution in [0.2, 0.25) is 0 Å². The van der Waals surface area contributed by atoms with Gasteiger partial charge in [-0.3, -0.25) is 9.59 Å². The van der Waals surface area contributed by atoms with Crippen LogP contribution >= 0.6 is 0 Å². The van der Waals surface area contributed by atoms with E-state index in [0.717, 1.165) is 25.7 Å². The molecule has 0 radical (unpaired) electrons. The lowest BCUT2D eigenvalue weighted by atomic mass is 9.91. The molecule has 0 N–H and O–H groups in total. The van der Waals surface area contributed by atoms with Gasteiger partial charge in [0, 0.05) is 12.8 Å². The summed E-state index contributed by atoms with van der Waals surface area (Å²) in [6.45, 7) is 11.3. The van der Waals surface area contributed by atoms with E-state index in [9.17, 15) is 9.59 Å². The number of hydrogen-bond acceptors (Lipinski definition) is 4. The first kappa shape index (κ1) is 19.9. The molecule has 0 fully saturated rings. The van der Waals surface area contributed by atoms with Crippen molar-refractivity contribution in [3.63, 3.8) is 0 Å². The minimum atomic E-state index is -0.140. The highest BCUT2D eigenvalue weighted by Crippen LogP contribution is 2.20. The largest absolute Gasteiger partial charge is 0.466 e. The van der Waals surface area contributed by atoms with Crippen molar-refractivity contribution < 1.29 is 19.1 Å². The predicted octanol–water partition coefficient (Wildman–Crippen LogP) is 4.12. The van der Waals surface area contributed by atoms with E-state index in [1.165, 1.54) is 0 Å². The summed E-state index contributed by atoms with van der Waals surface area (Å²) in [5, 5.41) is 0. The maximum Gasteiger partial charge on any atom is 0.305 e. The zero-order chi connectivity index (χ0) is 16.3. The highest BCUT2D eigenvalue weighted by atomic mass is 16.5. The van der Waals surface area contributed by atoms with E-state index in [-0.39, 0.29) is 17.4 Å². The van der Waals surface area contributed by atoms with Gasteiger partial charge in [0.25, 0.3) is 0 Å². The number of carbonyl (C=O) groups excluding carboxylic acids is 2. The second-order valence-corrected chi connectivity index (χ2v) is 7.14. The predicted molar refractivity (Wildman–Crippen MR) is 83.9 cm³/mol. The Labute approximate surface area is 129 Å². The Morgan fingerprint density at radius 1 is 0.905 bits per heavy atom. The fourth-order valence-electron chi connectivity index (χ4n) is 1.60. The van der Waals surface area contributed by atoms with E-state index in [1.807, 2.05) is 0 Å². The highest BCUT2D eigenvalue weighted by molar-refractivity contribution is 5.69. The summed E-state index contributed by atoms with van der Waals surface area (Å²) in [5.41, 5.74) is 0.156. The summed E-state index contributed by atoms with van der Waals surface area (Å²) in [6, 6.07) is 0. The van der Waals surface area contributed by atoms with Crippen LogP contribution in [0, 0.1) is 11.3 Å². The average Bonchev–Trinajstić information content (AvgIpc) is 2.37. The van der Waals surface area contributed by atoms with E-state index < -0.39 is 0 Å². The molecule has 0 heterocycles. The maximum absolute atomic E-state index is 11.5. The van der Waals surface area contributed by atoms with Gasteiger partial charge >= 0.3 is 11.9 Å². The molecule has 0 saturated carbocycles. The summed E-state index contributed by atoms with van der Waals surface area (Å²) in [6.07, 6.45) is 4.12. The normalized spacial score (nSPS) is 11.5. The highest BCUT2D eigenvalue weighted by Gasteiger charge is 2.13. The Hall–Kier alpha value is -1.06. The topological polar surface area (TPSA) is 52.6 Å². The molecule has 0 aromatic carbocycles. The SMILES string of the molecule is CC(C)CCC(=O)OCCCCOC(=O)CCC(C)(C)C. The molecule has 0 unspecified atom stereocenters. The lowest BCUT2D eigenvalue weighted by Crippen LogP contribution is -2.12. The Kier molecular flexibility index (Phi) is 10.1. The van der Waals surface area contributed by atoms with E-state index in [0.29, 0.717) is 32.0 Å². The zero-order valence-corrected chi connectivity index (χ0v) is 14.4. The monoisotopic (exact) mass is 300 g/mol. The van der Waals surface area contributed by atoms with Gasteiger partial charge in [-0.1, -0.05) is 34.6 Å². The van der Waals surface area contributed by atoms with Gasteiger partial charge in [0.05, 0.1) is 13.2 Å².